The molecular formula is C19H17N3O6. The van der Waals surface area contributed by atoms with Crippen molar-refractivity contribution in [2.75, 3.05) is 11.9 Å². The van der Waals surface area contributed by atoms with E-state index in [1.54, 1.807) is 24.3 Å². The third-order valence-electron chi connectivity index (χ3n) is 4.32. The average molecular weight is 383 g/mol. The van der Waals surface area contributed by atoms with Crippen molar-refractivity contribution in [2.24, 2.45) is 0 Å². The molecule has 1 aliphatic rings. The van der Waals surface area contributed by atoms with Gasteiger partial charge in [0.05, 0.1) is 17.1 Å². The number of ether oxygens (including phenoxy) is 1. The van der Waals surface area contributed by atoms with E-state index in [0.717, 1.165) is 11.0 Å². The minimum Gasteiger partial charge on any atom is -0.494 e. The lowest BCUT2D eigenvalue weighted by Crippen LogP contribution is -2.45. The van der Waals surface area contributed by atoms with Crippen LogP contribution < -0.4 is 10.1 Å². The van der Waals surface area contributed by atoms with Crippen LogP contribution in [0.2, 0.25) is 0 Å². The van der Waals surface area contributed by atoms with E-state index in [1.165, 1.54) is 19.1 Å². The van der Waals surface area contributed by atoms with Crippen molar-refractivity contribution in [1.29, 1.82) is 0 Å². The molecule has 2 aromatic rings. The van der Waals surface area contributed by atoms with Gasteiger partial charge < -0.3 is 10.1 Å². The second-order valence-electron chi connectivity index (χ2n) is 6.06. The molecule has 144 valence electrons. The zero-order chi connectivity index (χ0) is 20.4. The number of hydrogen-bond acceptors (Lipinski definition) is 6. The summed E-state index contributed by atoms with van der Waals surface area (Å²) in [6.07, 6.45) is 0. The molecule has 9 heteroatoms. The fraction of sp³-hybridized carbons (Fsp3) is 0.211. The molecule has 1 heterocycles. The summed E-state index contributed by atoms with van der Waals surface area (Å²) in [5.74, 6) is -1.55. The summed E-state index contributed by atoms with van der Waals surface area (Å²) in [5, 5.41) is 13.8. The van der Waals surface area contributed by atoms with Crippen LogP contribution in [-0.4, -0.2) is 40.2 Å². The van der Waals surface area contributed by atoms with Crippen molar-refractivity contribution in [2.45, 2.75) is 19.9 Å². The van der Waals surface area contributed by atoms with Gasteiger partial charge in [-0.25, -0.2) is 0 Å². The predicted octanol–water partition coefficient (Wildman–Crippen LogP) is 2.62. The van der Waals surface area contributed by atoms with E-state index in [0.29, 0.717) is 18.0 Å². The maximum atomic E-state index is 12.7. The van der Waals surface area contributed by atoms with Crippen LogP contribution in [0.25, 0.3) is 0 Å². The summed E-state index contributed by atoms with van der Waals surface area (Å²) in [5.41, 5.74) is -0.376. The summed E-state index contributed by atoms with van der Waals surface area (Å²) in [6, 6.07) is 9.27. The topological polar surface area (TPSA) is 119 Å². The van der Waals surface area contributed by atoms with E-state index in [9.17, 15) is 24.5 Å². The van der Waals surface area contributed by atoms with Crippen molar-refractivity contribution in [3.8, 4) is 5.75 Å². The molecule has 1 aliphatic heterocycles. The molecule has 3 amide bonds. The number of hydrogen-bond donors (Lipinski definition) is 1. The van der Waals surface area contributed by atoms with Crippen molar-refractivity contribution < 1.29 is 24.0 Å². The van der Waals surface area contributed by atoms with Gasteiger partial charge in [0, 0.05) is 11.8 Å². The molecule has 0 fully saturated rings. The Morgan fingerprint density at radius 3 is 2.46 bits per heavy atom. The standard InChI is InChI=1S/C19H17N3O6/c1-3-28-13-9-7-12(8-10-13)20-17(23)11(2)21-18(24)14-5-4-6-15(22(26)27)16(14)19(21)25/h4-11H,3H2,1-2H3,(H,20,23)/t11-/m1/s1. The average Bonchev–Trinajstić information content (AvgIpc) is 2.93. The van der Waals surface area contributed by atoms with Gasteiger partial charge in [0.25, 0.3) is 17.5 Å². The lowest BCUT2D eigenvalue weighted by molar-refractivity contribution is -0.385. The molecule has 0 saturated heterocycles. The number of nitrogens with one attached hydrogen (secondary N) is 1. The first kappa shape index (κ1) is 19.0. The number of nitro benzene ring substituents is 1. The molecule has 1 atom stereocenters. The highest BCUT2D eigenvalue weighted by Gasteiger charge is 2.44. The largest absolute Gasteiger partial charge is 0.494 e. The van der Waals surface area contributed by atoms with Gasteiger partial charge in [0.1, 0.15) is 17.4 Å². The van der Waals surface area contributed by atoms with Gasteiger partial charge in [-0.3, -0.25) is 29.4 Å². The van der Waals surface area contributed by atoms with E-state index in [2.05, 4.69) is 5.32 Å². The molecule has 0 aromatic heterocycles. The highest BCUT2D eigenvalue weighted by molar-refractivity contribution is 6.24. The summed E-state index contributed by atoms with van der Waals surface area (Å²) >= 11 is 0. The Labute approximate surface area is 160 Å². The molecule has 9 nitrogen and oxygen atoms in total. The number of benzene rings is 2. The molecule has 2 aromatic carbocycles. The fourth-order valence-electron chi connectivity index (χ4n) is 2.95. The molecule has 0 aliphatic carbocycles. The van der Waals surface area contributed by atoms with Crippen molar-refractivity contribution in [3.05, 3.63) is 63.7 Å². The monoisotopic (exact) mass is 383 g/mol. The summed E-state index contributed by atoms with van der Waals surface area (Å²) in [4.78, 5) is 49.0. The molecule has 0 spiro atoms. The maximum Gasteiger partial charge on any atom is 0.282 e. The second-order valence-corrected chi connectivity index (χ2v) is 6.06. The number of carbonyl (C=O) groups is 3. The summed E-state index contributed by atoms with van der Waals surface area (Å²) in [6.45, 7) is 3.75. The van der Waals surface area contributed by atoms with E-state index < -0.39 is 34.4 Å². The SMILES string of the molecule is CCOc1ccc(NC(=O)[C@@H](C)N2C(=O)c3cccc([N+](=O)[O-])c3C2=O)cc1. The Bertz CT molecular complexity index is 970. The fourth-order valence-corrected chi connectivity index (χ4v) is 2.95. The minimum absolute atomic E-state index is 0.0834. The van der Waals surface area contributed by atoms with Crippen LogP contribution in [0.3, 0.4) is 0 Å². The molecule has 0 unspecified atom stereocenters. The highest BCUT2D eigenvalue weighted by Crippen LogP contribution is 2.32. The third-order valence-corrected chi connectivity index (χ3v) is 4.32. The number of amides is 3. The Hall–Kier alpha value is -3.75. The van der Waals surface area contributed by atoms with Gasteiger partial charge in [-0.15, -0.1) is 0 Å². The summed E-state index contributed by atoms with van der Waals surface area (Å²) < 4.78 is 5.32. The number of fused-ring (bicyclic) bond motifs is 1. The number of nitro groups is 1. The Morgan fingerprint density at radius 1 is 1.18 bits per heavy atom. The first-order chi connectivity index (χ1) is 13.3. The first-order valence-electron chi connectivity index (χ1n) is 8.54. The number of imide groups is 1. The van der Waals surface area contributed by atoms with E-state index in [-0.39, 0.29) is 11.1 Å². The molecule has 0 radical (unpaired) electrons. The second kappa shape index (κ2) is 7.47. The van der Waals surface area contributed by atoms with Crippen LogP contribution in [-0.2, 0) is 4.79 Å². The first-order valence-corrected chi connectivity index (χ1v) is 8.54. The third kappa shape index (κ3) is 3.29. The molecule has 1 N–H and O–H groups in total. The van der Waals surface area contributed by atoms with Crippen LogP contribution >= 0.6 is 0 Å². The van der Waals surface area contributed by atoms with Gasteiger partial charge in [0.2, 0.25) is 5.91 Å². The Kier molecular flexibility index (Phi) is 5.08. The van der Waals surface area contributed by atoms with Crippen LogP contribution in [0, 0.1) is 10.1 Å². The van der Waals surface area contributed by atoms with Crippen LogP contribution in [0.15, 0.2) is 42.5 Å². The number of nitrogens with zero attached hydrogens (tertiary/aromatic N) is 2. The van der Waals surface area contributed by atoms with Crippen molar-refractivity contribution in [3.63, 3.8) is 0 Å². The van der Waals surface area contributed by atoms with E-state index in [4.69, 9.17) is 4.74 Å². The van der Waals surface area contributed by atoms with E-state index in [1.807, 2.05) is 6.92 Å². The van der Waals surface area contributed by atoms with Crippen molar-refractivity contribution >= 4 is 29.1 Å². The normalized spacial score (nSPS) is 13.9. The van der Waals surface area contributed by atoms with Crippen LogP contribution in [0.5, 0.6) is 5.75 Å². The maximum absolute atomic E-state index is 12.7. The molecule has 3 rings (SSSR count). The molecule has 0 saturated carbocycles. The molecular weight excluding hydrogens is 366 g/mol. The lowest BCUT2D eigenvalue weighted by Gasteiger charge is -2.21. The molecule has 28 heavy (non-hydrogen) atoms. The van der Waals surface area contributed by atoms with Crippen LogP contribution in [0.4, 0.5) is 11.4 Å². The predicted molar refractivity (Wildman–Crippen MR) is 99.3 cm³/mol. The lowest BCUT2D eigenvalue weighted by atomic mass is 10.1. The number of rotatable bonds is 6. The Balaban J connectivity index is 1.80. The van der Waals surface area contributed by atoms with Crippen molar-refractivity contribution in [1.82, 2.24) is 4.90 Å². The zero-order valence-corrected chi connectivity index (χ0v) is 15.2. The number of anilines is 1. The van der Waals surface area contributed by atoms with Gasteiger partial charge >= 0.3 is 0 Å². The van der Waals surface area contributed by atoms with Gasteiger partial charge in [0.15, 0.2) is 0 Å². The van der Waals surface area contributed by atoms with Crippen LogP contribution in [0.1, 0.15) is 34.6 Å². The highest BCUT2D eigenvalue weighted by atomic mass is 16.6. The zero-order valence-electron chi connectivity index (χ0n) is 15.2. The number of carbonyl (C=O) groups excluding carboxylic acids is 3. The minimum atomic E-state index is -1.15. The van der Waals surface area contributed by atoms with Gasteiger partial charge in [-0.1, -0.05) is 6.07 Å². The smallest absolute Gasteiger partial charge is 0.282 e. The summed E-state index contributed by atoms with van der Waals surface area (Å²) in [7, 11) is 0. The Morgan fingerprint density at radius 2 is 1.86 bits per heavy atom. The van der Waals surface area contributed by atoms with E-state index >= 15 is 0 Å². The van der Waals surface area contributed by atoms with Gasteiger partial charge in [-0.05, 0) is 44.2 Å². The van der Waals surface area contributed by atoms with Gasteiger partial charge in [-0.2, -0.15) is 0 Å². The molecule has 0 bridgehead atoms. The quantitative estimate of drug-likeness (QED) is 0.465.